The lowest BCUT2D eigenvalue weighted by molar-refractivity contribution is 0.565. The third-order valence-corrected chi connectivity index (χ3v) is 4.64. The van der Waals surface area contributed by atoms with Gasteiger partial charge in [-0.3, -0.25) is 0 Å². The van der Waals surface area contributed by atoms with Gasteiger partial charge in [-0.05, 0) is 52.8 Å². The lowest BCUT2D eigenvalue weighted by Gasteiger charge is -2.20. The van der Waals surface area contributed by atoms with Crippen LogP contribution in [-0.2, 0) is 5.88 Å². The molecule has 0 radical (unpaired) electrons. The van der Waals surface area contributed by atoms with E-state index in [9.17, 15) is 0 Å². The lowest BCUT2D eigenvalue weighted by atomic mass is 10.0. The SMILES string of the molecule is CCC(c1ccccc1)n1c(CCl)nc2cc(I)ccc21. The zero-order valence-electron chi connectivity index (χ0n) is 11.8. The number of hydrogen-bond acceptors (Lipinski definition) is 1. The second kappa shape index (κ2) is 6.36. The average molecular weight is 411 g/mol. The summed E-state index contributed by atoms with van der Waals surface area (Å²) in [6, 6.07) is 17.2. The first kappa shape index (κ1) is 14.9. The Morgan fingerprint density at radius 2 is 1.95 bits per heavy atom. The molecule has 2 nitrogen and oxygen atoms in total. The maximum absolute atomic E-state index is 6.15. The summed E-state index contributed by atoms with van der Waals surface area (Å²) in [6.45, 7) is 2.20. The Bertz CT molecular complexity index is 752. The minimum absolute atomic E-state index is 0.269. The summed E-state index contributed by atoms with van der Waals surface area (Å²) in [4.78, 5) is 4.71. The highest BCUT2D eigenvalue weighted by molar-refractivity contribution is 14.1. The van der Waals surface area contributed by atoms with E-state index in [0.29, 0.717) is 5.88 Å². The first-order valence-electron chi connectivity index (χ1n) is 7.02. The molecule has 1 atom stereocenters. The molecule has 0 N–H and O–H groups in total. The molecule has 3 rings (SSSR count). The van der Waals surface area contributed by atoms with Crippen molar-refractivity contribution in [1.82, 2.24) is 9.55 Å². The Kier molecular flexibility index (Phi) is 4.50. The molecule has 0 spiro atoms. The van der Waals surface area contributed by atoms with Gasteiger partial charge in [0.1, 0.15) is 5.82 Å². The van der Waals surface area contributed by atoms with Gasteiger partial charge in [-0.25, -0.2) is 4.98 Å². The Morgan fingerprint density at radius 3 is 2.62 bits per heavy atom. The van der Waals surface area contributed by atoms with E-state index in [1.54, 1.807) is 0 Å². The first-order chi connectivity index (χ1) is 10.2. The van der Waals surface area contributed by atoms with Gasteiger partial charge in [0.15, 0.2) is 0 Å². The molecule has 0 bridgehead atoms. The predicted molar refractivity (Wildman–Crippen MR) is 96.9 cm³/mol. The first-order valence-corrected chi connectivity index (χ1v) is 8.63. The van der Waals surface area contributed by atoms with Crippen molar-refractivity contribution in [3.63, 3.8) is 0 Å². The molecule has 0 aliphatic carbocycles. The molecule has 0 amide bonds. The highest BCUT2D eigenvalue weighted by Gasteiger charge is 2.19. The fraction of sp³-hybridized carbons (Fsp3) is 0.235. The van der Waals surface area contributed by atoms with Crippen LogP contribution < -0.4 is 0 Å². The van der Waals surface area contributed by atoms with Crippen molar-refractivity contribution in [2.45, 2.75) is 25.3 Å². The molecule has 108 valence electrons. The van der Waals surface area contributed by atoms with Gasteiger partial charge in [-0.2, -0.15) is 0 Å². The quantitative estimate of drug-likeness (QED) is 0.417. The molecule has 2 aromatic carbocycles. The topological polar surface area (TPSA) is 17.8 Å². The molecule has 0 aliphatic heterocycles. The third-order valence-electron chi connectivity index (χ3n) is 3.73. The summed E-state index contributed by atoms with van der Waals surface area (Å²) in [6.07, 6.45) is 1.01. The predicted octanol–water partition coefficient (Wildman–Crippen LogP) is 5.38. The monoisotopic (exact) mass is 410 g/mol. The molecule has 0 saturated heterocycles. The van der Waals surface area contributed by atoms with E-state index in [0.717, 1.165) is 23.3 Å². The van der Waals surface area contributed by atoms with Crippen molar-refractivity contribution < 1.29 is 0 Å². The Morgan fingerprint density at radius 1 is 1.19 bits per heavy atom. The molecule has 0 aliphatic rings. The van der Waals surface area contributed by atoms with Gasteiger partial charge >= 0.3 is 0 Å². The smallest absolute Gasteiger partial charge is 0.125 e. The summed E-state index contributed by atoms with van der Waals surface area (Å²) in [5.74, 6) is 1.36. The zero-order chi connectivity index (χ0) is 14.8. The maximum Gasteiger partial charge on any atom is 0.125 e. The molecule has 3 aromatic rings. The van der Waals surface area contributed by atoms with Gasteiger partial charge < -0.3 is 4.57 Å². The van der Waals surface area contributed by atoms with Crippen molar-refractivity contribution in [1.29, 1.82) is 0 Å². The molecule has 1 heterocycles. The standard InChI is InChI=1S/C17H16ClIN2/c1-2-15(12-6-4-3-5-7-12)21-16-9-8-13(19)10-14(16)20-17(21)11-18/h3-10,15H,2,11H2,1H3. The number of alkyl halides is 1. The summed E-state index contributed by atoms with van der Waals surface area (Å²) < 4.78 is 3.48. The molecular formula is C17H16ClIN2. The van der Waals surface area contributed by atoms with E-state index in [-0.39, 0.29) is 6.04 Å². The van der Waals surface area contributed by atoms with E-state index in [4.69, 9.17) is 16.6 Å². The van der Waals surface area contributed by atoms with Crippen LogP contribution in [0.15, 0.2) is 48.5 Å². The number of fused-ring (bicyclic) bond motifs is 1. The van der Waals surface area contributed by atoms with Crippen molar-refractivity contribution >= 4 is 45.2 Å². The van der Waals surface area contributed by atoms with Crippen molar-refractivity contribution in [3.05, 3.63) is 63.5 Å². The molecule has 1 unspecified atom stereocenters. The Hall–Kier alpha value is -1.07. The molecule has 1 aromatic heterocycles. The van der Waals surface area contributed by atoms with Crippen LogP contribution in [0.3, 0.4) is 0 Å². The van der Waals surface area contributed by atoms with Crippen molar-refractivity contribution in [2.24, 2.45) is 0 Å². The van der Waals surface area contributed by atoms with Crippen molar-refractivity contribution in [3.8, 4) is 0 Å². The van der Waals surface area contributed by atoms with Crippen LogP contribution in [0.1, 0.15) is 30.8 Å². The van der Waals surface area contributed by atoms with Gasteiger partial charge in [0.25, 0.3) is 0 Å². The number of rotatable bonds is 4. The van der Waals surface area contributed by atoms with Crippen molar-refractivity contribution in [2.75, 3.05) is 0 Å². The molecular weight excluding hydrogens is 395 g/mol. The normalized spacial score (nSPS) is 12.7. The summed E-state index contributed by atoms with van der Waals surface area (Å²) in [7, 11) is 0. The van der Waals surface area contributed by atoms with Gasteiger partial charge in [0, 0.05) is 3.57 Å². The van der Waals surface area contributed by atoms with E-state index >= 15 is 0 Å². The highest BCUT2D eigenvalue weighted by atomic mass is 127. The van der Waals surface area contributed by atoms with Crippen LogP contribution >= 0.6 is 34.2 Å². The molecule has 21 heavy (non-hydrogen) atoms. The fourth-order valence-corrected chi connectivity index (χ4v) is 3.47. The lowest BCUT2D eigenvalue weighted by Crippen LogP contribution is -2.12. The van der Waals surface area contributed by atoms with Crippen LogP contribution in [0.2, 0.25) is 0 Å². The number of aromatic nitrogens is 2. The van der Waals surface area contributed by atoms with E-state index < -0.39 is 0 Å². The van der Waals surface area contributed by atoms with Crippen LogP contribution in [0, 0.1) is 3.57 Å². The van der Waals surface area contributed by atoms with Gasteiger partial charge in [0.2, 0.25) is 0 Å². The van der Waals surface area contributed by atoms with Crippen LogP contribution in [0.25, 0.3) is 11.0 Å². The van der Waals surface area contributed by atoms with Crippen LogP contribution in [0.4, 0.5) is 0 Å². The number of imidazole rings is 1. The third kappa shape index (κ3) is 2.81. The summed E-state index contributed by atoms with van der Waals surface area (Å²) in [5, 5.41) is 0. The minimum Gasteiger partial charge on any atom is -0.319 e. The maximum atomic E-state index is 6.15. The molecule has 0 saturated carbocycles. The number of hydrogen-bond donors (Lipinski definition) is 0. The van der Waals surface area contributed by atoms with E-state index in [1.165, 1.54) is 9.13 Å². The highest BCUT2D eigenvalue weighted by Crippen LogP contribution is 2.30. The number of benzene rings is 2. The van der Waals surface area contributed by atoms with Crippen LogP contribution in [0.5, 0.6) is 0 Å². The van der Waals surface area contributed by atoms with Gasteiger partial charge in [0.05, 0.1) is 23.0 Å². The van der Waals surface area contributed by atoms with E-state index in [2.05, 4.69) is 76.5 Å². The largest absolute Gasteiger partial charge is 0.319 e. The molecule has 4 heteroatoms. The second-order valence-electron chi connectivity index (χ2n) is 5.00. The van der Waals surface area contributed by atoms with Gasteiger partial charge in [-0.1, -0.05) is 37.3 Å². The zero-order valence-corrected chi connectivity index (χ0v) is 14.7. The minimum atomic E-state index is 0.269. The number of halogens is 2. The Balaban J connectivity index is 2.22. The van der Waals surface area contributed by atoms with Gasteiger partial charge in [-0.15, -0.1) is 11.6 Å². The Labute approximate surface area is 143 Å². The van der Waals surface area contributed by atoms with E-state index in [1.807, 2.05) is 6.07 Å². The second-order valence-corrected chi connectivity index (χ2v) is 6.51. The average Bonchev–Trinajstić information content (AvgIpc) is 2.87. The van der Waals surface area contributed by atoms with Crippen LogP contribution in [-0.4, -0.2) is 9.55 Å². The molecule has 0 fully saturated rings. The summed E-state index contributed by atoms with van der Waals surface area (Å²) in [5.41, 5.74) is 3.47. The number of nitrogens with zero attached hydrogens (tertiary/aromatic N) is 2. The summed E-state index contributed by atoms with van der Waals surface area (Å²) >= 11 is 8.46. The fourth-order valence-electron chi connectivity index (χ4n) is 2.81.